The molecule has 0 spiro atoms. The summed E-state index contributed by atoms with van der Waals surface area (Å²) in [6, 6.07) is 0. The number of aliphatic hydroxyl groups is 1. The molecule has 1 unspecified atom stereocenters. The molecule has 1 atom stereocenters. The van der Waals surface area contributed by atoms with Crippen LogP contribution in [0.25, 0.3) is 0 Å². The standard InChI is InChI=1S/C10H14O.C2H6/c1-3-5-9-8(2)6-4-7-10(9)11;1-2/h3,5,10-11H,1-2,4,6-7H2;1-2H3/b9-5+;. The molecule has 0 aromatic heterocycles. The Morgan fingerprint density at radius 2 is 2.08 bits per heavy atom. The van der Waals surface area contributed by atoms with Crippen LogP contribution in [0.3, 0.4) is 0 Å². The number of aliphatic hydroxyl groups excluding tert-OH is 1. The molecule has 1 aliphatic rings. The van der Waals surface area contributed by atoms with Crippen LogP contribution in [-0.4, -0.2) is 11.2 Å². The van der Waals surface area contributed by atoms with Gasteiger partial charge in [-0.25, -0.2) is 0 Å². The van der Waals surface area contributed by atoms with Gasteiger partial charge in [0.05, 0.1) is 6.10 Å². The second-order valence-corrected chi connectivity index (χ2v) is 2.87. The molecule has 1 rings (SSSR count). The molecule has 1 aliphatic carbocycles. The Morgan fingerprint density at radius 1 is 1.46 bits per heavy atom. The van der Waals surface area contributed by atoms with Gasteiger partial charge in [0, 0.05) is 0 Å². The van der Waals surface area contributed by atoms with Crippen molar-refractivity contribution in [1.82, 2.24) is 0 Å². The number of rotatable bonds is 1. The predicted molar refractivity (Wildman–Crippen MR) is 58.6 cm³/mol. The van der Waals surface area contributed by atoms with Crippen LogP contribution >= 0.6 is 0 Å². The van der Waals surface area contributed by atoms with Gasteiger partial charge < -0.3 is 5.11 Å². The fourth-order valence-corrected chi connectivity index (χ4v) is 1.40. The normalized spacial score (nSPS) is 25.0. The van der Waals surface area contributed by atoms with Gasteiger partial charge in [0.25, 0.3) is 0 Å². The van der Waals surface area contributed by atoms with E-state index in [1.807, 2.05) is 19.9 Å². The second kappa shape index (κ2) is 6.67. The Morgan fingerprint density at radius 3 is 2.54 bits per heavy atom. The zero-order valence-electron chi connectivity index (χ0n) is 8.71. The van der Waals surface area contributed by atoms with Crippen LogP contribution in [0.15, 0.2) is 36.5 Å². The largest absolute Gasteiger partial charge is 0.388 e. The summed E-state index contributed by atoms with van der Waals surface area (Å²) in [6.45, 7) is 11.5. The van der Waals surface area contributed by atoms with Crippen LogP contribution in [0, 0.1) is 0 Å². The van der Waals surface area contributed by atoms with Crippen molar-refractivity contribution in [3.63, 3.8) is 0 Å². The van der Waals surface area contributed by atoms with Crippen LogP contribution in [0.2, 0.25) is 0 Å². The summed E-state index contributed by atoms with van der Waals surface area (Å²) in [6.07, 6.45) is 6.17. The molecule has 0 amide bonds. The maximum absolute atomic E-state index is 9.49. The SMILES string of the molecule is C=C/C=C1\C(=C)CCCC1O.CC. The highest BCUT2D eigenvalue weighted by Crippen LogP contribution is 2.27. The third-order valence-electron chi connectivity index (χ3n) is 2.02. The molecular formula is C12H20O. The quantitative estimate of drug-likeness (QED) is 0.657. The van der Waals surface area contributed by atoms with Crippen molar-refractivity contribution >= 4 is 0 Å². The monoisotopic (exact) mass is 180 g/mol. The fraction of sp³-hybridized carbons (Fsp3) is 0.500. The molecule has 0 radical (unpaired) electrons. The van der Waals surface area contributed by atoms with E-state index in [1.165, 1.54) is 0 Å². The molecule has 1 nitrogen and oxygen atoms in total. The highest BCUT2D eigenvalue weighted by atomic mass is 16.3. The predicted octanol–water partition coefficient (Wildman–Crippen LogP) is 3.23. The van der Waals surface area contributed by atoms with Gasteiger partial charge in [-0.2, -0.15) is 0 Å². The molecular weight excluding hydrogens is 160 g/mol. The first-order chi connectivity index (χ1) is 6.25. The summed E-state index contributed by atoms with van der Waals surface area (Å²) in [4.78, 5) is 0. The molecule has 0 saturated heterocycles. The van der Waals surface area contributed by atoms with E-state index in [0.717, 1.165) is 30.4 Å². The average Bonchev–Trinajstić information content (AvgIpc) is 2.15. The Hall–Kier alpha value is -0.820. The Kier molecular flexibility index (Phi) is 6.25. The van der Waals surface area contributed by atoms with E-state index < -0.39 is 0 Å². The van der Waals surface area contributed by atoms with Crippen LogP contribution < -0.4 is 0 Å². The smallest absolute Gasteiger partial charge is 0.0792 e. The summed E-state index contributed by atoms with van der Waals surface area (Å²) in [7, 11) is 0. The number of hydrogen-bond acceptors (Lipinski definition) is 1. The second-order valence-electron chi connectivity index (χ2n) is 2.87. The van der Waals surface area contributed by atoms with E-state index in [4.69, 9.17) is 0 Å². The summed E-state index contributed by atoms with van der Waals surface area (Å²) >= 11 is 0. The van der Waals surface area contributed by atoms with Crippen LogP contribution in [0.4, 0.5) is 0 Å². The lowest BCUT2D eigenvalue weighted by Crippen LogP contribution is -2.16. The Bertz CT molecular complexity index is 201. The van der Waals surface area contributed by atoms with Crippen molar-refractivity contribution in [2.24, 2.45) is 0 Å². The minimum Gasteiger partial charge on any atom is -0.388 e. The molecule has 0 aliphatic heterocycles. The first-order valence-electron chi connectivity index (χ1n) is 4.94. The van der Waals surface area contributed by atoms with E-state index in [1.54, 1.807) is 6.08 Å². The molecule has 0 heterocycles. The molecule has 0 bridgehead atoms. The topological polar surface area (TPSA) is 20.2 Å². The number of allylic oxidation sites excluding steroid dienone is 2. The lowest BCUT2D eigenvalue weighted by atomic mass is 9.88. The fourth-order valence-electron chi connectivity index (χ4n) is 1.40. The molecule has 1 N–H and O–H groups in total. The summed E-state index contributed by atoms with van der Waals surface area (Å²) in [5, 5.41) is 9.49. The lowest BCUT2D eigenvalue weighted by molar-refractivity contribution is 0.190. The molecule has 74 valence electrons. The van der Waals surface area contributed by atoms with Crippen LogP contribution in [-0.2, 0) is 0 Å². The summed E-state index contributed by atoms with van der Waals surface area (Å²) in [5.41, 5.74) is 2.02. The molecule has 1 fully saturated rings. The van der Waals surface area contributed by atoms with Gasteiger partial charge in [0.15, 0.2) is 0 Å². The van der Waals surface area contributed by atoms with Crippen molar-refractivity contribution in [2.45, 2.75) is 39.2 Å². The van der Waals surface area contributed by atoms with E-state index in [-0.39, 0.29) is 6.10 Å². The van der Waals surface area contributed by atoms with Gasteiger partial charge in [0.2, 0.25) is 0 Å². The van der Waals surface area contributed by atoms with Crippen molar-refractivity contribution < 1.29 is 5.11 Å². The zero-order valence-corrected chi connectivity index (χ0v) is 8.71. The third-order valence-corrected chi connectivity index (χ3v) is 2.02. The highest BCUT2D eigenvalue weighted by molar-refractivity contribution is 5.35. The minimum absolute atomic E-state index is 0.311. The summed E-state index contributed by atoms with van der Waals surface area (Å²) < 4.78 is 0. The summed E-state index contributed by atoms with van der Waals surface area (Å²) in [5.74, 6) is 0. The average molecular weight is 180 g/mol. The Balaban J connectivity index is 0.000000671. The van der Waals surface area contributed by atoms with Crippen molar-refractivity contribution in [3.05, 3.63) is 36.5 Å². The molecule has 0 aromatic carbocycles. The lowest BCUT2D eigenvalue weighted by Gasteiger charge is -2.22. The van der Waals surface area contributed by atoms with E-state index in [0.29, 0.717) is 0 Å². The van der Waals surface area contributed by atoms with Gasteiger partial charge >= 0.3 is 0 Å². The molecule has 1 heteroatoms. The first-order valence-corrected chi connectivity index (χ1v) is 4.94. The van der Waals surface area contributed by atoms with E-state index in [2.05, 4.69) is 13.2 Å². The molecule has 13 heavy (non-hydrogen) atoms. The van der Waals surface area contributed by atoms with Gasteiger partial charge in [-0.05, 0) is 30.4 Å². The van der Waals surface area contributed by atoms with Crippen LogP contribution in [0.5, 0.6) is 0 Å². The zero-order chi connectivity index (χ0) is 10.3. The maximum atomic E-state index is 9.49. The number of hydrogen-bond donors (Lipinski definition) is 1. The van der Waals surface area contributed by atoms with Gasteiger partial charge in [0.1, 0.15) is 0 Å². The van der Waals surface area contributed by atoms with Gasteiger partial charge in [-0.1, -0.05) is 39.2 Å². The van der Waals surface area contributed by atoms with Gasteiger partial charge in [-0.15, -0.1) is 0 Å². The van der Waals surface area contributed by atoms with Crippen molar-refractivity contribution in [1.29, 1.82) is 0 Å². The molecule has 0 aromatic rings. The highest BCUT2D eigenvalue weighted by Gasteiger charge is 2.17. The minimum atomic E-state index is -0.311. The van der Waals surface area contributed by atoms with E-state index in [9.17, 15) is 5.11 Å². The van der Waals surface area contributed by atoms with E-state index >= 15 is 0 Å². The van der Waals surface area contributed by atoms with Gasteiger partial charge in [-0.3, -0.25) is 0 Å². The van der Waals surface area contributed by atoms with Crippen LogP contribution in [0.1, 0.15) is 33.1 Å². The molecule has 1 saturated carbocycles. The first kappa shape index (κ1) is 12.2. The third kappa shape index (κ3) is 3.60. The van der Waals surface area contributed by atoms with Crippen molar-refractivity contribution in [3.8, 4) is 0 Å². The maximum Gasteiger partial charge on any atom is 0.0792 e. The Labute approximate surface area is 81.5 Å². The van der Waals surface area contributed by atoms with Crippen molar-refractivity contribution in [2.75, 3.05) is 0 Å².